The minimum Gasteiger partial charge on any atom is -0.476 e. The molecule has 0 unspecified atom stereocenters. The third-order valence-electron chi connectivity index (χ3n) is 2.82. The van der Waals surface area contributed by atoms with Crippen molar-refractivity contribution in [2.24, 2.45) is 0 Å². The SMILES string of the molecule is O=C(O)c1ccc(NCCN2CCCC2)nn1. The van der Waals surface area contributed by atoms with Gasteiger partial charge in [0.15, 0.2) is 5.69 Å². The van der Waals surface area contributed by atoms with Crippen molar-refractivity contribution in [1.29, 1.82) is 0 Å². The van der Waals surface area contributed by atoms with Crippen LogP contribution in [0.2, 0.25) is 0 Å². The second-order valence-electron chi connectivity index (χ2n) is 4.08. The monoisotopic (exact) mass is 236 g/mol. The summed E-state index contributed by atoms with van der Waals surface area (Å²) in [7, 11) is 0. The number of carboxylic acid groups (broad SMARTS) is 1. The van der Waals surface area contributed by atoms with Crippen LogP contribution in [-0.2, 0) is 0 Å². The summed E-state index contributed by atoms with van der Waals surface area (Å²) in [6, 6.07) is 3.09. The maximum atomic E-state index is 10.6. The maximum absolute atomic E-state index is 10.6. The summed E-state index contributed by atoms with van der Waals surface area (Å²) >= 11 is 0. The van der Waals surface area contributed by atoms with E-state index in [2.05, 4.69) is 20.4 Å². The van der Waals surface area contributed by atoms with Gasteiger partial charge in [-0.3, -0.25) is 0 Å². The standard InChI is InChI=1S/C11H16N4O2/c16-11(17)9-3-4-10(14-13-9)12-5-8-15-6-1-2-7-15/h3-4H,1-2,5-8H2,(H,12,14)(H,16,17). The highest BCUT2D eigenvalue weighted by Gasteiger charge is 2.10. The summed E-state index contributed by atoms with van der Waals surface area (Å²) in [6.45, 7) is 4.14. The summed E-state index contributed by atoms with van der Waals surface area (Å²) in [5, 5.41) is 19.2. The molecule has 2 N–H and O–H groups in total. The van der Waals surface area contributed by atoms with E-state index >= 15 is 0 Å². The Bertz CT molecular complexity index is 374. The van der Waals surface area contributed by atoms with Gasteiger partial charge in [0, 0.05) is 13.1 Å². The fraction of sp³-hybridized carbons (Fsp3) is 0.545. The Labute approximate surface area is 99.7 Å². The largest absolute Gasteiger partial charge is 0.476 e. The van der Waals surface area contributed by atoms with E-state index in [1.54, 1.807) is 6.07 Å². The van der Waals surface area contributed by atoms with Gasteiger partial charge >= 0.3 is 5.97 Å². The molecular weight excluding hydrogens is 220 g/mol. The number of anilines is 1. The quantitative estimate of drug-likeness (QED) is 0.783. The Morgan fingerprint density at radius 1 is 1.35 bits per heavy atom. The number of hydrogen-bond acceptors (Lipinski definition) is 5. The molecule has 1 saturated heterocycles. The van der Waals surface area contributed by atoms with Gasteiger partial charge in [0.2, 0.25) is 0 Å². The third kappa shape index (κ3) is 3.39. The lowest BCUT2D eigenvalue weighted by Crippen LogP contribution is -2.26. The lowest BCUT2D eigenvalue weighted by atomic mass is 10.4. The van der Waals surface area contributed by atoms with Crippen molar-refractivity contribution in [1.82, 2.24) is 15.1 Å². The zero-order valence-electron chi connectivity index (χ0n) is 9.59. The van der Waals surface area contributed by atoms with Crippen LogP contribution in [0.1, 0.15) is 23.3 Å². The Hall–Kier alpha value is -1.69. The first kappa shape index (κ1) is 11.8. The van der Waals surface area contributed by atoms with E-state index < -0.39 is 5.97 Å². The second kappa shape index (κ2) is 5.58. The average Bonchev–Trinajstić information content (AvgIpc) is 2.83. The van der Waals surface area contributed by atoms with Crippen molar-refractivity contribution in [3.05, 3.63) is 17.8 Å². The van der Waals surface area contributed by atoms with Gasteiger partial charge in [0.1, 0.15) is 5.82 Å². The zero-order valence-corrected chi connectivity index (χ0v) is 9.59. The number of carboxylic acids is 1. The van der Waals surface area contributed by atoms with Gasteiger partial charge in [0.25, 0.3) is 0 Å². The lowest BCUT2D eigenvalue weighted by Gasteiger charge is -2.14. The van der Waals surface area contributed by atoms with Crippen LogP contribution in [0.4, 0.5) is 5.82 Å². The molecule has 1 fully saturated rings. The van der Waals surface area contributed by atoms with Crippen molar-refractivity contribution < 1.29 is 9.90 Å². The molecule has 0 saturated carbocycles. The molecule has 0 aromatic carbocycles. The van der Waals surface area contributed by atoms with Gasteiger partial charge in [-0.25, -0.2) is 4.79 Å². The predicted octanol–water partition coefficient (Wildman–Crippen LogP) is 0.682. The molecule has 92 valence electrons. The number of aromatic nitrogens is 2. The van der Waals surface area contributed by atoms with Gasteiger partial charge < -0.3 is 15.3 Å². The summed E-state index contributed by atoms with van der Waals surface area (Å²) in [5.74, 6) is -0.435. The summed E-state index contributed by atoms with van der Waals surface area (Å²) in [4.78, 5) is 13.0. The molecular formula is C11H16N4O2. The lowest BCUT2D eigenvalue weighted by molar-refractivity contribution is 0.0689. The first-order valence-electron chi connectivity index (χ1n) is 5.79. The van der Waals surface area contributed by atoms with E-state index in [0.717, 1.165) is 13.1 Å². The Morgan fingerprint density at radius 3 is 2.71 bits per heavy atom. The fourth-order valence-electron chi connectivity index (χ4n) is 1.89. The van der Waals surface area contributed by atoms with Crippen LogP contribution in [0, 0.1) is 0 Å². The number of nitrogens with zero attached hydrogens (tertiary/aromatic N) is 3. The number of likely N-dealkylation sites (tertiary alicyclic amines) is 1. The average molecular weight is 236 g/mol. The van der Waals surface area contributed by atoms with Crippen LogP contribution in [0.15, 0.2) is 12.1 Å². The minimum atomic E-state index is -1.05. The molecule has 1 aliphatic rings. The molecule has 1 aliphatic heterocycles. The van der Waals surface area contributed by atoms with Crippen LogP contribution in [-0.4, -0.2) is 52.4 Å². The number of rotatable bonds is 5. The first-order chi connectivity index (χ1) is 8.25. The maximum Gasteiger partial charge on any atom is 0.356 e. The first-order valence-corrected chi connectivity index (χ1v) is 5.79. The zero-order chi connectivity index (χ0) is 12.1. The number of aromatic carboxylic acids is 1. The van der Waals surface area contributed by atoms with E-state index in [1.807, 2.05) is 0 Å². The highest BCUT2D eigenvalue weighted by molar-refractivity contribution is 5.85. The molecule has 0 bridgehead atoms. The molecule has 2 rings (SSSR count). The fourth-order valence-corrected chi connectivity index (χ4v) is 1.89. The van der Waals surface area contributed by atoms with Gasteiger partial charge in [-0.1, -0.05) is 0 Å². The van der Waals surface area contributed by atoms with Gasteiger partial charge in [-0.15, -0.1) is 10.2 Å². The molecule has 0 amide bonds. The van der Waals surface area contributed by atoms with Gasteiger partial charge in [-0.2, -0.15) is 0 Å². The van der Waals surface area contributed by atoms with Gasteiger partial charge in [-0.05, 0) is 38.1 Å². The Balaban J connectivity index is 1.76. The molecule has 0 spiro atoms. The Morgan fingerprint density at radius 2 is 2.12 bits per heavy atom. The summed E-state index contributed by atoms with van der Waals surface area (Å²) in [5.41, 5.74) is -0.0323. The van der Waals surface area contributed by atoms with Crippen molar-refractivity contribution >= 4 is 11.8 Å². The molecule has 0 aliphatic carbocycles. The van der Waals surface area contributed by atoms with E-state index in [9.17, 15) is 4.79 Å². The predicted molar refractivity (Wildman–Crippen MR) is 63.2 cm³/mol. The van der Waals surface area contributed by atoms with Gasteiger partial charge in [0.05, 0.1) is 0 Å². The molecule has 17 heavy (non-hydrogen) atoms. The van der Waals surface area contributed by atoms with E-state index in [4.69, 9.17) is 5.11 Å². The normalized spacial score (nSPS) is 16.0. The number of hydrogen-bond donors (Lipinski definition) is 2. The molecule has 0 radical (unpaired) electrons. The van der Waals surface area contributed by atoms with E-state index in [0.29, 0.717) is 5.82 Å². The number of nitrogens with one attached hydrogen (secondary N) is 1. The molecule has 2 heterocycles. The highest BCUT2D eigenvalue weighted by Crippen LogP contribution is 2.07. The van der Waals surface area contributed by atoms with Crippen molar-refractivity contribution in [3.63, 3.8) is 0 Å². The van der Waals surface area contributed by atoms with Crippen LogP contribution in [0.5, 0.6) is 0 Å². The van der Waals surface area contributed by atoms with Crippen LogP contribution < -0.4 is 5.32 Å². The van der Waals surface area contributed by atoms with E-state index in [1.165, 1.54) is 32.0 Å². The highest BCUT2D eigenvalue weighted by atomic mass is 16.4. The van der Waals surface area contributed by atoms with Crippen molar-refractivity contribution in [2.75, 3.05) is 31.5 Å². The summed E-state index contributed by atoms with van der Waals surface area (Å²) in [6.07, 6.45) is 2.57. The molecule has 6 heteroatoms. The molecule has 0 atom stereocenters. The van der Waals surface area contributed by atoms with Crippen molar-refractivity contribution in [2.45, 2.75) is 12.8 Å². The molecule has 1 aromatic heterocycles. The van der Waals surface area contributed by atoms with Crippen LogP contribution >= 0.6 is 0 Å². The van der Waals surface area contributed by atoms with Crippen molar-refractivity contribution in [3.8, 4) is 0 Å². The van der Waals surface area contributed by atoms with Crippen LogP contribution in [0.3, 0.4) is 0 Å². The topological polar surface area (TPSA) is 78.4 Å². The Kier molecular flexibility index (Phi) is 3.87. The summed E-state index contributed by atoms with van der Waals surface area (Å²) < 4.78 is 0. The molecule has 1 aromatic rings. The third-order valence-corrected chi connectivity index (χ3v) is 2.82. The smallest absolute Gasteiger partial charge is 0.356 e. The second-order valence-corrected chi connectivity index (χ2v) is 4.08. The number of carbonyl (C=O) groups is 1. The minimum absolute atomic E-state index is 0.0323. The van der Waals surface area contributed by atoms with E-state index in [-0.39, 0.29) is 5.69 Å². The molecule has 6 nitrogen and oxygen atoms in total. The van der Waals surface area contributed by atoms with Crippen LogP contribution in [0.25, 0.3) is 0 Å².